The van der Waals surface area contributed by atoms with E-state index in [4.69, 9.17) is 10.2 Å². The number of aryl methyl sites for hydroxylation is 1. The van der Waals surface area contributed by atoms with Gasteiger partial charge in [0, 0.05) is 41.1 Å². The number of amides is 1. The van der Waals surface area contributed by atoms with Crippen molar-refractivity contribution in [2.75, 3.05) is 23.9 Å². The van der Waals surface area contributed by atoms with Crippen LogP contribution in [0.5, 0.6) is 0 Å². The highest BCUT2D eigenvalue weighted by Crippen LogP contribution is 2.32. The summed E-state index contributed by atoms with van der Waals surface area (Å²) in [6.07, 6.45) is 3.69. The van der Waals surface area contributed by atoms with Gasteiger partial charge in [-0.25, -0.2) is 13.1 Å². The average molecular weight is 662 g/mol. The van der Waals surface area contributed by atoms with Gasteiger partial charge in [-0.15, -0.1) is 11.8 Å². The molecule has 2 heterocycles. The molecule has 0 radical (unpaired) electrons. The lowest BCUT2D eigenvalue weighted by Crippen LogP contribution is -2.30. The Morgan fingerprint density at radius 1 is 0.830 bits per heavy atom. The summed E-state index contributed by atoms with van der Waals surface area (Å²) in [5.41, 5.74) is 5.61. The van der Waals surface area contributed by atoms with Crippen LogP contribution in [0.1, 0.15) is 25.0 Å². The van der Waals surface area contributed by atoms with Crippen molar-refractivity contribution in [3.8, 4) is 16.9 Å². The first-order valence-electron chi connectivity index (χ1n) is 15.4. The Bertz CT molecular complexity index is 2050. The maximum Gasteiger partial charge on any atom is 0.280 e. The quantitative estimate of drug-likeness (QED) is 0.108. The van der Waals surface area contributed by atoms with E-state index in [2.05, 4.69) is 31.2 Å². The van der Waals surface area contributed by atoms with Gasteiger partial charge in [-0.05, 0) is 61.5 Å². The van der Waals surface area contributed by atoms with Crippen LogP contribution in [0.15, 0.2) is 136 Å². The number of para-hydroxylation sites is 2. The van der Waals surface area contributed by atoms with Gasteiger partial charge in [0.15, 0.2) is 0 Å². The summed E-state index contributed by atoms with van der Waals surface area (Å²) in [6, 6.07) is 34.1. The first-order valence-corrected chi connectivity index (χ1v) is 17.8. The molecule has 0 saturated heterocycles. The zero-order valence-electron chi connectivity index (χ0n) is 26.4. The molecule has 4 aromatic carbocycles. The van der Waals surface area contributed by atoms with Crippen LogP contribution < -0.4 is 5.01 Å². The molecule has 0 fully saturated rings. The summed E-state index contributed by atoms with van der Waals surface area (Å²) in [5, 5.41) is 11.2. The number of nitrogens with zero attached hydrogens (tertiary/aromatic N) is 5. The fraction of sp³-hybridized carbons (Fsp3) is 0.162. The Morgan fingerprint density at radius 3 is 2.15 bits per heavy atom. The molecule has 0 bridgehead atoms. The first kappa shape index (κ1) is 32.2. The third-order valence-electron chi connectivity index (χ3n) is 7.87. The average Bonchev–Trinajstić information content (AvgIpc) is 3.67. The Kier molecular flexibility index (Phi) is 9.53. The summed E-state index contributed by atoms with van der Waals surface area (Å²) >= 11 is 1.61. The lowest BCUT2D eigenvalue weighted by atomic mass is 10.0. The van der Waals surface area contributed by atoms with Gasteiger partial charge < -0.3 is 0 Å². The van der Waals surface area contributed by atoms with Crippen molar-refractivity contribution in [2.45, 2.75) is 30.6 Å². The number of hydrogen-bond acceptors (Lipinski definition) is 6. The third kappa shape index (κ3) is 6.85. The van der Waals surface area contributed by atoms with Crippen LogP contribution in [0.25, 0.3) is 23.0 Å². The number of hydrazone groups is 1. The first-order chi connectivity index (χ1) is 22.8. The molecule has 0 saturated carbocycles. The van der Waals surface area contributed by atoms with E-state index in [9.17, 15) is 13.2 Å². The zero-order valence-corrected chi connectivity index (χ0v) is 28.1. The molecular formula is C37H35N5O3S2. The number of anilines is 1. The van der Waals surface area contributed by atoms with Crippen molar-refractivity contribution in [3.63, 3.8) is 0 Å². The molecule has 0 aliphatic carbocycles. The largest absolute Gasteiger partial charge is 0.280 e. The second-order valence-electron chi connectivity index (χ2n) is 11.0. The molecule has 0 atom stereocenters. The van der Waals surface area contributed by atoms with Gasteiger partial charge in [-0.3, -0.25) is 4.79 Å². The van der Waals surface area contributed by atoms with Crippen LogP contribution in [0.3, 0.4) is 0 Å². The highest BCUT2D eigenvalue weighted by Gasteiger charge is 2.32. The second-order valence-corrected chi connectivity index (χ2v) is 14.0. The summed E-state index contributed by atoms with van der Waals surface area (Å²) in [6.45, 7) is 6.43. The van der Waals surface area contributed by atoms with E-state index >= 15 is 0 Å². The minimum absolute atomic E-state index is 0.190. The molecule has 1 aliphatic heterocycles. The summed E-state index contributed by atoms with van der Waals surface area (Å²) in [4.78, 5) is 15.3. The predicted molar refractivity (Wildman–Crippen MR) is 190 cm³/mol. The molecule has 8 nitrogen and oxygen atoms in total. The lowest BCUT2D eigenvalue weighted by molar-refractivity contribution is -0.114. The number of thioether (sulfide) groups is 1. The van der Waals surface area contributed by atoms with E-state index in [1.54, 1.807) is 34.6 Å². The number of carbonyl (C=O) groups excluding carboxylic acids is 1. The minimum Gasteiger partial charge on any atom is -0.267 e. The topological polar surface area (TPSA) is 87.9 Å². The molecule has 5 aromatic rings. The van der Waals surface area contributed by atoms with Gasteiger partial charge in [0.1, 0.15) is 5.69 Å². The third-order valence-corrected chi connectivity index (χ3v) is 10.9. The van der Waals surface area contributed by atoms with E-state index < -0.39 is 10.0 Å². The van der Waals surface area contributed by atoms with E-state index in [1.165, 1.54) is 14.9 Å². The van der Waals surface area contributed by atoms with Crippen molar-refractivity contribution >= 4 is 45.2 Å². The van der Waals surface area contributed by atoms with Gasteiger partial charge >= 0.3 is 0 Å². The standard InChI is InChI=1S/C37H35N5O3S2/c1-4-40(5-2)47(44,45)33-18-12-13-28(23-33)36-29(25-41(39-36)30-14-8-6-9-15-30)24-34-35(26-46-32-21-19-27(3)20-22-32)38-42(37(34)43)31-16-10-7-11-17-31/h6-25H,4-5,26H2,1-3H3/b34-24-. The molecule has 47 heavy (non-hydrogen) atoms. The van der Waals surface area contributed by atoms with Gasteiger partial charge in [-0.1, -0.05) is 80.1 Å². The van der Waals surface area contributed by atoms with E-state index in [-0.39, 0.29) is 10.8 Å². The lowest BCUT2D eigenvalue weighted by Gasteiger charge is -2.18. The van der Waals surface area contributed by atoms with Crippen LogP contribution in [0.2, 0.25) is 0 Å². The van der Waals surface area contributed by atoms with Crippen LogP contribution in [-0.4, -0.2) is 53.0 Å². The van der Waals surface area contributed by atoms with Crippen molar-refractivity contribution in [2.24, 2.45) is 5.10 Å². The van der Waals surface area contributed by atoms with Crippen LogP contribution in [-0.2, 0) is 14.8 Å². The summed E-state index contributed by atoms with van der Waals surface area (Å²) in [5.74, 6) is 0.232. The summed E-state index contributed by atoms with van der Waals surface area (Å²) < 4.78 is 30.1. The Hall–Kier alpha value is -4.77. The maximum absolute atomic E-state index is 14.0. The van der Waals surface area contributed by atoms with Crippen molar-refractivity contribution < 1.29 is 13.2 Å². The number of rotatable bonds is 11. The Balaban J connectivity index is 1.46. The molecule has 6 rings (SSSR count). The molecule has 1 amide bonds. The van der Waals surface area contributed by atoms with Crippen LogP contribution in [0.4, 0.5) is 5.69 Å². The highest BCUT2D eigenvalue weighted by atomic mass is 32.2. The number of benzene rings is 4. The summed E-state index contributed by atoms with van der Waals surface area (Å²) in [7, 11) is -3.70. The molecule has 1 aliphatic rings. The van der Waals surface area contributed by atoms with E-state index in [1.807, 2.05) is 92.9 Å². The molecule has 0 unspecified atom stereocenters. The van der Waals surface area contributed by atoms with Gasteiger partial charge in [0.25, 0.3) is 5.91 Å². The fourth-order valence-electron chi connectivity index (χ4n) is 5.34. The van der Waals surface area contributed by atoms with Crippen molar-refractivity contribution in [1.82, 2.24) is 14.1 Å². The smallest absolute Gasteiger partial charge is 0.267 e. The Morgan fingerprint density at radius 2 is 1.49 bits per heavy atom. The highest BCUT2D eigenvalue weighted by molar-refractivity contribution is 8.00. The molecule has 1 aromatic heterocycles. The monoisotopic (exact) mass is 661 g/mol. The SMILES string of the molecule is CCN(CC)S(=O)(=O)c1cccc(-c2nn(-c3ccccc3)cc2/C=C2\C(=O)N(c3ccccc3)N=C2CSc2ccc(C)cc2)c1. The molecule has 10 heteroatoms. The maximum atomic E-state index is 14.0. The Labute approximate surface area is 280 Å². The minimum atomic E-state index is -3.70. The van der Waals surface area contributed by atoms with E-state index in [0.29, 0.717) is 52.6 Å². The second kappa shape index (κ2) is 13.9. The fourth-order valence-corrected chi connectivity index (χ4v) is 7.69. The zero-order chi connectivity index (χ0) is 33.0. The molecule has 0 N–H and O–H groups in total. The van der Waals surface area contributed by atoms with Gasteiger partial charge in [-0.2, -0.15) is 19.5 Å². The number of carbonyl (C=O) groups is 1. The number of hydrogen-bond donors (Lipinski definition) is 0. The molecule has 0 spiro atoms. The van der Waals surface area contributed by atoms with Crippen LogP contribution >= 0.6 is 11.8 Å². The number of aromatic nitrogens is 2. The van der Waals surface area contributed by atoms with Crippen molar-refractivity contribution in [1.29, 1.82) is 0 Å². The van der Waals surface area contributed by atoms with Gasteiger partial charge in [0.05, 0.1) is 27.6 Å². The normalized spacial score (nSPS) is 14.3. The molecule has 238 valence electrons. The van der Waals surface area contributed by atoms with Crippen LogP contribution in [0, 0.1) is 6.92 Å². The van der Waals surface area contributed by atoms with Gasteiger partial charge in [0.2, 0.25) is 10.0 Å². The molecular weight excluding hydrogens is 627 g/mol. The van der Waals surface area contributed by atoms with Crippen molar-refractivity contribution in [3.05, 3.63) is 132 Å². The number of sulfonamides is 1. The predicted octanol–water partition coefficient (Wildman–Crippen LogP) is 7.46. The van der Waals surface area contributed by atoms with E-state index in [0.717, 1.165) is 10.6 Å².